The summed E-state index contributed by atoms with van der Waals surface area (Å²) >= 11 is 0. The summed E-state index contributed by atoms with van der Waals surface area (Å²) in [7, 11) is 1.63. The largest absolute Gasteiger partial charge is 0.493 e. The normalized spacial score (nSPS) is 17.3. The van der Waals surface area contributed by atoms with Crippen LogP contribution >= 0.6 is 0 Å². The summed E-state index contributed by atoms with van der Waals surface area (Å²) in [6, 6.07) is 13.6. The number of amides is 1. The second kappa shape index (κ2) is 7.68. The number of ether oxygens (including phenoxy) is 2. The van der Waals surface area contributed by atoms with Crippen molar-refractivity contribution >= 4 is 11.6 Å². The maximum absolute atomic E-state index is 13.2. The number of methoxy groups -OCH3 is 1. The molecule has 1 heterocycles. The topological polar surface area (TPSA) is 50.8 Å². The molecule has 2 atom stereocenters. The third-order valence-corrected chi connectivity index (χ3v) is 4.83. The molecule has 5 nitrogen and oxygen atoms in total. The Balaban J connectivity index is 2.06. The highest BCUT2D eigenvalue weighted by molar-refractivity contribution is 6.01. The Morgan fingerprint density at radius 2 is 1.92 bits per heavy atom. The van der Waals surface area contributed by atoms with Crippen molar-refractivity contribution in [3.05, 3.63) is 53.6 Å². The second-order valence-electron chi connectivity index (χ2n) is 6.41. The highest BCUT2D eigenvalue weighted by atomic mass is 16.5. The van der Waals surface area contributed by atoms with Crippen LogP contribution in [0, 0.1) is 0 Å². The van der Waals surface area contributed by atoms with Gasteiger partial charge >= 0.3 is 0 Å². The number of anilines is 1. The number of carbonyl (C=O) groups excluding carboxylic acids is 1. The quantitative estimate of drug-likeness (QED) is 0.832. The lowest BCUT2D eigenvalue weighted by atomic mass is 10.0. The molecule has 1 N–H and O–H groups in total. The predicted octanol–water partition coefficient (Wildman–Crippen LogP) is 4.46. The van der Waals surface area contributed by atoms with Gasteiger partial charge in [0.25, 0.3) is 5.91 Å². The van der Waals surface area contributed by atoms with E-state index in [-0.39, 0.29) is 18.1 Å². The van der Waals surface area contributed by atoms with Crippen molar-refractivity contribution in [2.45, 2.75) is 39.4 Å². The van der Waals surface area contributed by atoms with Crippen molar-refractivity contribution < 1.29 is 14.3 Å². The highest BCUT2D eigenvalue weighted by Gasteiger charge is 2.35. The minimum absolute atomic E-state index is 0.0486. The van der Waals surface area contributed by atoms with Crippen molar-refractivity contribution in [3.63, 3.8) is 0 Å². The van der Waals surface area contributed by atoms with Crippen LogP contribution in [0.4, 0.5) is 5.69 Å². The Bertz CT molecular complexity index is 791. The highest BCUT2D eigenvalue weighted by Crippen LogP contribution is 2.38. The van der Waals surface area contributed by atoms with Crippen LogP contribution in [0.5, 0.6) is 11.5 Å². The van der Waals surface area contributed by atoms with E-state index >= 15 is 0 Å². The van der Waals surface area contributed by atoms with E-state index in [9.17, 15) is 4.79 Å². The summed E-state index contributed by atoms with van der Waals surface area (Å²) in [5.41, 5.74) is 2.54. The first kappa shape index (κ1) is 18.1. The second-order valence-corrected chi connectivity index (χ2v) is 6.41. The molecule has 0 fully saturated rings. The smallest absolute Gasteiger partial charge is 0.258 e. The maximum atomic E-state index is 13.2. The zero-order chi connectivity index (χ0) is 18.7. The van der Waals surface area contributed by atoms with E-state index in [2.05, 4.69) is 19.2 Å². The number of carbonyl (C=O) groups is 1. The van der Waals surface area contributed by atoms with E-state index in [1.807, 2.05) is 54.3 Å². The van der Waals surface area contributed by atoms with Crippen molar-refractivity contribution in [3.8, 4) is 11.5 Å². The average Bonchev–Trinajstić information content (AvgIpc) is 2.67. The van der Waals surface area contributed by atoms with Crippen LogP contribution in [-0.4, -0.2) is 30.6 Å². The van der Waals surface area contributed by atoms with Gasteiger partial charge in [-0.2, -0.15) is 0 Å². The van der Waals surface area contributed by atoms with Crippen LogP contribution < -0.4 is 14.8 Å². The van der Waals surface area contributed by atoms with Gasteiger partial charge in [-0.3, -0.25) is 4.79 Å². The molecule has 2 aromatic rings. The van der Waals surface area contributed by atoms with Crippen molar-refractivity contribution in [1.29, 1.82) is 0 Å². The molecular weight excluding hydrogens is 328 g/mol. The molecule has 26 heavy (non-hydrogen) atoms. The Morgan fingerprint density at radius 3 is 2.62 bits per heavy atom. The number of para-hydroxylation sites is 1. The van der Waals surface area contributed by atoms with Crippen LogP contribution in [-0.2, 0) is 0 Å². The summed E-state index contributed by atoms with van der Waals surface area (Å²) in [4.78, 5) is 15.1. The Hall–Kier alpha value is -2.69. The van der Waals surface area contributed by atoms with Gasteiger partial charge in [-0.15, -0.1) is 0 Å². The molecule has 5 heteroatoms. The van der Waals surface area contributed by atoms with Gasteiger partial charge < -0.3 is 19.7 Å². The van der Waals surface area contributed by atoms with Gasteiger partial charge in [0.2, 0.25) is 0 Å². The fourth-order valence-corrected chi connectivity index (χ4v) is 3.30. The van der Waals surface area contributed by atoms with E-state index < -0.39 is 0 Å². The van der Waals surface area contributed by atoms with Gasteiger partial charge in [-0.1, -0.05) is 25.1 Å². The fourth-order valence-electron chi connectivity index (χ4n) is 3.30. The monoisotopic (exact) mass is 354 g/mol. The fraction of sp³-hybridized carbons (Fsp3) is 0.381. The molecule has 0 saturated carbocycles. The van der Waals surface area contributed by atoms with Crippen LogP contribution in [0.15, 0.2) is 42.5 Å². The van der Waals surface area contributed by atoms with Gasteiger partial charge in [0.15, 0.2) is 11.5 Å². The molecular formula is C21H26N2O3. The first-order valence-electron chi connectivity index (χ1n) is 9.09. The minimum atomic E-state index is -0.252. The molecule has 1 aliphatic rings. The standard InChI is InChI=1S/C21H26N2O3/c1-5-14(3)23-20(22-17-10-8-7-9-16(17)21(23)24)15-11-12-18(25-4)19(13-15)26-6-2/h7-14,20,22H,5-6H2,1-4H3/t14-,20-/m0/s1. The number of nitrogens with zero attached hydrogens (tertiary/aromatic N) is 1. The first-order chi connectivity index (χ1) is 12.6. The summed E-state index contributed by atoms with van der Waals surface area (Å²) in [5.74, 6) is 1.42. The minimum Gasteiger partial charge on any atom is -0.493 e. The number of fused-ring (bicyclic) bond motifs is 1. The summed E-state index contributed by atoms with van der Waals surface area (Å²) < 4.78 is 11.1. The number of rotatable bonds is 6. The van der Waals surface area contributed by atoms with Crippen molar-refractivity contribution in [2.24, 2.45) is 0 Å². The van der Waals surface area contributed by atoms with Gasteiger partial charge in [-0.05, 0) is 50.1 Å². The Morgan fingerprint density at radius 1 is 1.15 bits per heavy atom. The molecule has 0 aromatic heterocycles. The van der Waals surface area contributed by atoms with Crippen molar-refractivity contribution in [2.75, 3.05) is 19.0 Å². The molecule has 2 aromatic carbocycles. The summed E-state index contributed by atoms with van der Waals surface area (Å²) in [5, 5.41) is 3.52. The van der Waals surface area contributed by atoms with Crippen LogP contribution in [0.1, 0.15) is 49.3 Å². The van der Waals surface area contributed by atoms with Gasteiger partial charge in [-0.25, -0.2) is 0 Å². The third kappa shape index (κ3) is 3.21. The zero-order valence-electron chi connectivity index (χ0n) is 15.8. The number of nitrogens with one attached hydrogen (secondary N) is 1. The molecule has 1 amide bonds. The molecule has 3 rings (SSSR count). The number of benzene rings is 2. The van der Waals surface area contributed by atoms with Gasteiger partial charge in [0.1, 0.15) is 6.17 Å². The molecule has 138 valence electrons. The molecule has 0 saturated heterocycles. The SMILES string of the molecule is CCOc1cc([C@H]2Nc3ccccc3C(=O)N2[C@@H](C)CC)ccc1OC. The predicted molar refractivity (Wildman–Crippen MR) is 103 cm³/mol. The molecule has 0 radical (unpaired) electrons. The van der Waals surface area contributed by atoms with Crippen LogP contribution in [0.25, 0.3) is 0 Å². The molecule has 0 unspecified atom stereocenters. The van der Waals surface area contributed by atoms with Gasteiger partial charge in [0, 0.05) is 11.7 Å². The van der Waals surface area contributed by atoms with Crippen molar-refractivity contribution in [1.82, 2.24) is 4.90 Å². The maximum Gasteiger partial charge on any atom is 0.258 e. The van der Waals surface area contributed by atoms with Crippen LogP contribution in [0.3, 0.4) is 0 Å². The third-order valence-electron chi connectivity index (χ3n) is 4.83. The molecule has 0 aliphatic carbocycles. The number of hydrogen-bond donors (Lipinski definition) is 1. The number of hydrogen-bond acceptors (Lipinski definition) is 4. The summed E-state index contributed by atoms with van der Waals surface area (Å²) in [6.07, 6.45) is 0.623. The molecule has 0 bridgehead atoms. The Kier molecular flexibility index (Phi) is 5.35. The van der Waals surface area contributed by atoms with E-state index in [1.165, 1.54) is 0 Å². The lowest BCUT2D eigenvalue weighted by molar-refractivity contribution is 0.0593. The lowest BCUT2D eigenvalue weighted by Gasteiger charge is -2.41. The zero-order valence-corrected chi connectivity index (χ0v) is 15.8. The van der Waals surface area contributed by atoms with Gasteiger partial charge in [0.05, 0.1) is 19.3 Å². The van der Waals surface area contributed by atoms with E-state index in [0.717, 1.165) is 17.7 Å². The van der Waals surface area contributed by atoms with Crippen LogP contribution in [0.2, 0.25) is 0 Å². The van der Waals surface area contributed by atoms with E-state index in [4.69, 9.17) is 9.47 Å². The first-order valence-corrected chi connectivity index (χ1v) is 9.09. The van der Waals surface area contributed by atoms with E-state index in [0.29, 0.717) is 23.7 Å². The molecule has 1 aliphatic heterocycles. The lowest BCUT2D eigenvalue weighted by Crippen LogP contribution is -2.47. The average molecular weight is 354 g/mol. The Labute approximate surface area is 154 Å². The molecule has 0 spiro atoms. The van der Waals surface area contributed by atoms with E-state index in [1.54, 1.807) is 7.11 Å². The summed E-state index contributed by atoms with van der Waals surface area (Å²) in [6.45, 7) is 6.66.